The van der Waals surface area contributed by atoms with Crippen molar-refractivity contribution in [2.24, 2.45) is 0 Å². The summed E-state index contributed by atoms with van der Waals surface area (Å²) >= 11 is 0. The molecule has 17 unspecified atom stereocenters. The zero-order chi connectivity index (χ0) is 68.2. The van der Waals surface area contributed by atoms with Gasteiger partial charge in [-0.3, -0.25) is 4.79 Å². The Hall–Kier alpha value is -2.25. The molecule has 0 radical (unpaired) electrons. The summed E-state index contributed by atoms with van der Waals surface area (Å²) in [5, 5.41) is 121. The van der Waals surface area contributed by atoms with Gasteiger partial charge in [0.05, 0.1) is 38.6 Å². The Kier molecular flexibility index (Phi) is 51.7. The summed E-state index contributed by atoms with van der Waals surface area (Å²) in [7, 11) is 0. The number of carbonyl (C=O) groups is 1. The van der Waals surface area contributed by atoms with Gasteiger partial charge in [0.15, 0.2) is 18.9 Å². The predicted octanol–water partition coefficient (Wildman–Crippen LogP) is 11.3. The minimum Gasteiger partial charge on any atom is -0.394 e. The molecule has 0 spiro atoms. The predicted molar refractivity (Wildman–Crippen MR) is 369 cm³/mol. The first-order valence-corrected chi connectivity index (χ1v) is 37.9. The molecule has 550 valence electrons. The van der Waals surface area contributed by atoms with Crippen molar-refractivity contribution in [3.63, 3.8) is 0 Å². The van der Waals surface area contributed by atoms with Crippen LogP contribution in [0.15, 0.2) is 48.6 Å². The number of aliphatic hydroxyl groups is 11. The molecule has 1 amide bonds. The first-order chi connectivity index (χ1) is 45.8. The number of hydrogen-bond acceptors (Lipinski definition) is 18. The third-order valence-electron chi connectivity index (χ3n) is 18.9. The fourth-order valence-electron chi connectivity index (χ4n) is 12.8. The number of unbranched alkanes of at least 4 members (excludes halogenated alkanes) is 35. The summed E-state index contributed by atoms with van der Waals surface area (Å²) in [6, 6.07) is -0.893. The van der Waals surface area contributed by atoms with Crippen LogP contribution in [0.5, 0.6) is 0 Å². The molecule has 3 heterocycles. The van der Waals surface area contributed by atoms with Gasteiger partial charge in [0, 0.05) is 6.42 Å². The molecule has 0 aliphatic carbocycles. The normalized spacial score (nSPS) is 27.6. The number of allylic oxidation sites excluding steroid dienone is 8. The zero-order valence-corrected chi connectivity index (χ0v) is 58.4. The highest BCUT2D eigenvalue weighted by molar-refractivity contribution is 5.76. The van der Waals surface area contributed by atoms with Crippen LogP contribution in [0, 0.1) is 0 Å². The van der Waals surface area contributed by atoms with Gasteiger partial charge in [0.25, 0.3) is 0 Å². The molecule has 3 fully saturated rings. The number of aliphatic hydroxyl groups excluding tert-OH is 11. The van der Waals surface area contributed by atoms with E-state index < -0.39 is 124 Å². The first kappa shape index (κ1) is 86.0. The summed E-state index contributed by atoms with van der Waals surface area (Å²) < 4.78 is 34.5. The molecule has 3 aliphatic heterocycles. The van der Waals surface area contributed by atoms with Crippen LogP contribution in [0.3, 0.4) is 0 Å². The van der Waals surface area contributed by atoms with Crippen LogP contribution in [0.2, 0.25) is 0 Å². The van der Waals surface area contributed by atoms with Crippen molar-refractivity contribution in [2.75, 3.05) is 26.4 Å². The molecule has 0 aromatic rings. The fraction of sp³-hybridized carbons (Fsp3) is 0.880. The average Bonchev–Trinajstić information content (AvgIpc) is 0.787. The van der Waals surface area contributed by atoms with Gasteiger partial charge < -0.3 is 89.9 Å². The lowest BCUT2D eigenvalue weighted by Crippen LogP contribution is -2.66. The molecule has 12 N–H and O–H groups in total. The van der Waals surface area contributed by atoms with Crippen molar-refractivity contribution in [1.82, 2.24) is 5.32 Å². The molecule has 19 nitrogen and oxygen atoms in total. The molecule has 3 aliphatic rings. The highest BCUT2D eigenvalue weighted by Gasteiger charge is 2.53. The lowest BCUT2D eigenvalue weighted by molar-refractivity contribution is -0.379. The topological polar surface area (TPSA) is 307 Å². The molecule has 19 heteroatoms. The summed E-state index contributed by atoms with van der Waals surface area (Å²) in [5.74, 6) is -0.245. The summed E-state index contributed by atoms with van der Waals surface area (Å²) in [4.78, 5) is 13.5. The van der Waals surface area contributed by atoms with Crippen molar-refractivity contribution >= 4 is 5.91 Å². The monoisotopic (exact) mass is 1340 g/mol. The van der Waals surface area contributed by atoms with Crippen molar-refractivity contribution < 1.29 is 89.4 Å². The van der Waals surface area contributed by atoms with Gasteiger partial charge in [0.2, 0.25) is 5.91 Å². The Morgan fingerprint density at radius 3 is 1.15 bits per heavy atom. The molecule has 3 saturated heterocycles. The third-order valence-corrected chi connectivity index (χ3v) is 18.9. The van der Waals surface area contributed by atoms with Gasteiger partial charge in [-0.25, -0.2) is 0 Å². The van der Waals surface area contributed by atoms with E-state index >= 15 is 0 Å². The number of hydrogen-bond donors (Lipinski definition) is 12. The lowest BCUT2D eigenvalue weighted by Gasteiger charge is -2.48. The van der Waals surface area contributed by atoms with E-state index in [9.17, 15) is 61.0 Å². The summed E-state index contributed by atoms with van der Waals surface area (Å²) in [5.41, 5.74) is 0. The van der Waals surface area contributed by atoms with Crippen molar-refractivity contribution in [3.05, 3.63) is 48.6 Å². The van der Waals surface area contributed by atoms with E-state index in [1.165, 1.54) is 180 Å². The molecular weight excluding hydrogens is 1200 g/mol. The zero-order valence-electron chi connectivity index (χ0n) is 58.4. The third kappa shape index (κ3) is 37.3. The van der Waals surface area contributed by atoms with Crippen molar-refractivity contribution in [1.29, 1.82) is 0 Å². The second kappa shape index (κ2) is 56.5. The maximum atomic E-state index is 13.5. The summed E-state index contributed by atoms with van der Waals surface area (Å²) in [6.45, 7) is 1.72. The quantitative estimate of drug-likeness (QED) is 0.0199. The number of nitrogens with one attached hydrogen (secondary N) is 1. The van der Waals surface area contributed by atoms with Gasteiger partial charge in [-0.15, -0.1) is 0 Å². The van der Waals surface area contributed by atoms with Crippen LogP contribution < -0.4 is 5.32 Å². The minimum absolute atomic E-state index is 0.245. The number of carbonyl (C=O) groups excluding carboxylic acids is 1. The van der Waals surface area contributed by atoms with E-state index in [-0.39, 0.29) is 18.9 Å². The van der Waals surface area contributed by atoms with Crippen molar-refractivity contribution in [3.8, 4) is 0 Å². The molecule has 17 atom stereocenters. The molecule has 94 heavy (non-hydrogen) atoms. The Labute approximate surface area is 567 Å². The van der Waals surface area contributed by atoms with Crippen LogP contribution >= 0.6 is 0 Å². The van der Waals surface area contributed by atoms with Gasteiger partial charge in [-0.05, 0) is 51.4 Å². The second-order valence-electron chi connectivity index (χ2n) is 27.1. The summed E-state index contributed by atoms with van der Waals surface area (Å²) in [6.07, 6.45) is 41.8. The van der Waals surface area contributed by atoms with Gasteiger partial charge in [-0.1, -0.05) is 281 Å². The van der Waals surface area contributed by atoms with E-state index in [1.54, 1.807) is 0 Å². The fourth-order valence-corrected chi connectivity index (χ4v) is 12.8. The number of ether oxygens (including phenoxy) is 6. The highest BCUT2D eigenvalue weighted by atomic mass is 16.8. The molecule has 0 aromatic heterocycles. The number of rotatable bonds is 59. The molecular formula is C75H137NO18. The highest BCUT2D eigenvalue weighted by Crippen LogP contribution is 2.33. The Balaban J connectivity index is 1.40. The smallest absolute Gasteiger partial charge is 0.220 e. The SMILES string of the molecule is CC/C=C\C/C=C\C/C=C\C/C=C\CCCCCCCCCCCCC(=O)NC(COC1OC(CO)C(OC2OC(CO)C(OC3OC(CO)C(O)C(O)C3O)C(O)C2O)C(O)C1O)C(O)CCCCCCCCCCCCCCCCCCCCCCCCCCCC. The second-order valence-corrected chi connectivity index (χ2v) is 27.1. The van der Waals surface area contributed by atoms with E-state index in [2.05, 4.69) is 67.8 Å². The van der Waals surface area contributed by atoms with Crippen LogP contribution in [-0.2, 0) is 33.2 Å². The van der Waals surface area contributed by atoms with Gasteiger partial charge in [0.1, 0.15) is 73.2 Å². The van der Waals surface area contributed by atoms with E-state index in [4.69, 9.17) is 28.4 Å². The van der Waals surface area contributed by atoms with Crippen LogP contribution in [0.4, 0.5) is 0 Å². The largest absolute Gasteiger partial charge is 0.394 e. The van der Waals surface area contributed by atoms with Crippen molar-refractivity contribution in [2.45, 2.75) is 394 Å². The van der Waals surface area contributed by atoms with Crippen LogP contribution in [0.1, 0.15) is 290 Å². The first-order valence-electron chi connectivity index (χ1n) is 37.9. The Morgan fingerprint density at radius 2 is 0.734 bits per heavy atom. The maximum Gasteiger partial charge on any atom is 0.220 e. The molecule has 0 bridgehead atoms. The van der Waals surface area contributed by atoms with Crippen LogP contribution in [-0.4, -0.2) is 193 Å². The standard InChI is InChI=1S/C75H137NO18/c1-3-5-7-9-11-13-15-17-19-21-23-25-27-28-29-31-32-34-36-38-40-42-44-46-48-50-52-59(80)58(76-63(81)53-51-49-47-45-43-41-39-37-35-33-30-26-24-22-20-18-16-14-12-10-8-6-4-2)57-89-73-69(87)66(84)71(61(55-78)91-73)94-75-70(88)67(85)72(62(56-79)92-75)93-74-68(86)65(83)64(82)60(54-77)90-74/h6,8,12,14,18,20,24,26,58-62,64-75,77-80,82-88H,3-5,7,9-11,13,15-17,19,21-23,25,27-57H2,1-2H3,(H,76,81)/b8-6-,14-12-,20-18-,26-24-. The molecule has 0 aromatic carbocycles. The van der Waals surface area contributed by atoms with Crippen LogP contribution in [0.25, 0.3) is 0 Å². The number of amides is 1. The van der Waals surface area contributed by atoms with Gasteiger partial charge in [-0.2, -0.15) is 0 Å². The Morgan fingerprint density at radius 1 is 0.394 bits per heavy atom. The van der Waals surface area contributed by atoms with Gasteiger partial charge >= 0.3 is 0 Å². The molecule has 0 saturated carbocycles. The Bertz CT molecular complexity index is 1890. The lowest BCUT2D eigenvalue weighted by atomic mass is 9.96. The molecule has 3 rings (SSSR count). The van der Waals surface area contributed by atoms with E-state index in [0.29, 0.717) is 12.8 Å². The maximum absolute atomic E-state index is 13.5. The minimum atomic E-state index is -1.97. The average molecular weight is 1340 g/mol. The van der Waals surface area contributed by atoms with E-state index in [0.717, 1.165) is 77.0 Å². The van der Waals surface area contributed by atoms with E-state index in [1.807, 2.05) is 0 Å².